The molecule has 0 fully saturated rings. The van der Waals surface area contributed by atoms with Crippen LogP contribution in [0.5, 0.6) is 5.75 Å². The maximum atomic E-state index is 11.1. The van der Waals surface area contributed by atoms with E-state index in [1.165, 1.54) is 0 Å². The summed E-state index contributed by atoms with van der Waals surface area (Å²) in [5.41, 5.74) is 1.98. The molecule has 0 aliphatic carbocycles. The number of methoxy groups -OCH3 is 1. The number of ether oxygens (including phenoxy) is 1. The molecule has 0 saturated heterocycles. The molecule has 0 N–H and O–H groups in total. The van der Waals surface area contributed by atoms with Crippen LogP contribution in [-0.4, -0.2) is 12.9 Å². The van der Waals surface area contributed by atoms with E-state index in [0.717, 1.165) is 21.3 Å². The Labute approximate surface area is 92.4 Å². The largest absolute Gasteiger partial charge is 0.496 e. The lowest BCUT2D eigenvalue weighted by Crippen LogP contribution is -2.02. The predicted octanol–water partition coefficient (Wildman–Crippen LogP) is 2.90. The molecule has 1 rings (SSSR count). The minimum atomic E-state index is 0.134. The van der Waals surface area contributed by atoms with E-state index in [9.17, 15) is 4.79 Å². The molecule has 14 heavy (non-hydrogen) atoms. The Morgan fingerprint density at radius 2 is 2.14 bits per heavy atom. The third-order valence-electron chi connectivity index (χ3n) is 2.03. The highest BCUT2D eigenvalue weighted by Gasteiger charge is 2.11. The third kappa shape index (κ3) is 2.35. The Morgan fingerprint density at radius 3 is 2.64 bits per heavy atom. The van der Waals surface area contributed by atoms with Gasteiger partial charge in [-0.3, -0.25) is 4.79 Å². The molecule has 1 aromatic carbocycles. The van der Waals surface area contributed by atoms with E-state index in [4.69, 9.17) is 4.74 Å². The first-order valence-corrected chi connectivity index (χ1v) is 5.17. The number of hydrogen-bond donors (Lipinski definition) is 0. The minimum Gasteiger partial charge on any atom is -0.496 e. The molecule has 0 heterocycles. The van der Waals surface area contributed by atoms with Gasteiger partial charge in [-0.15, -0.1) is 0 Å². The van der Waals surface area contributed by atoms with Crippen molar-refractivity contribution in [3.8, 4) is 5.75 Å². The summed E-state index contributed by atoms with van der Waals surface area (Å²) in [6.45, 7) is 3.54. The number of carbonyl (C=O) groups excluding carboxylic acids is 1. The first-order valence-electron chi connectivity index (χ1n) is 4.37. The molecule has 0 aromatic heterocycles. The van der Waals surface area contributed by atoms with Crippen LogP contribution in [0.2, 0.25) is 0 Å². The summed E-state index contributed by atoms with van der Waals surface area (Å²) in [4.78, 5) is 11.1. The lowest BCUT2D eigenvalue weighted by atomic mass is 10.1. The van der Waals surface area contributed by atoms with Crippen LogP contribution in [0.15, 0.2) is 16.6 Å². The van der Waals surface area contributed by atoms with Crippen LogP contribution in [-0.2, 0) is 11.2 Å². The summed E-state index contributed by atoms with van der Waals surface area (Å²) in [5, 5.41) is 0. The molecule has 0 radical (unpaired) electrons. The summed E-state index contributed by atoms with van der Waals surface area (Å²) in [7, 11) is 1.62. The second-order valence-corrected chi connectivity index (χ2v) is 4.11. The van der Waals surface area contributed by atoms with Crippen molar-refractivity contribution in [3.63, 3.8) is 0 Å². The first kappa shape index (κ1) is 11.2. The Hall–Kier alpha value is -0.830. The summed E-state index contributed by atoms with van der Waals surface area (Å²) < 4.78 is 6.20. The zero-order chi connectivity index (χ0) is 10.7. The number of ketones is 1. The Morgan fingerprint density at radius 1 is 1.50 bits per heavy atom. The monoisotopic (exact) mass is 256 g/mol. The van der Waals surface area contributed by atoms with Gasteiger partial charge in [0.05, 0.1) is 7.11 Å². The molecule has 0 atom stereocenters. The van der Waals surface area contributed by atoms with Gasteiger partial charge in [0.25, 0.3) is 0 Å². The van der Waals surface area contributed by atoms with Crippen LogP contribution >= 0.6 is 15.9 Å². The highest BCUT2D eigenvalue weighted by Crippen LogP contribution is 2.30. The highest BCUT2D eigenvalue weighted by atomic mass is 79.9. The van der Waals surface area contributed by atoms with Crippen molar-refractivity contribution in [1.29, 1.82) is 0 Å². The molecular weight excluding hydrogens is 244 g/mol. The molecular formula is C11H13BrO2. The van der Waals surface area contributed by atoms with E-state index in [1.807, 2.05) is 19.1 Å². The lowest BCUT2D eigenvalue weighted by Gasteiger charge is -2.11. The van der Waals surface area contributed by atoms with E-state index in [1.54, 1.807) is 14.0 Å². The van der Waals surface area contributed by atoms with E-state index in [-0.39, 0.29) is 5.78 Å². The smallest absolute Gasteiger partial charge is 0.134 e. The van der Waals surface area contributed by atoms with Crippen molar-refractivity contribution in [2.24, 2.45) is 0 Å². The number of carbonyl (C=O) groups is 1. The average Bonchev–Trinajstić information content (AvgIpc) is 2.11. The molecule has 76 valence electrons. The second-order valence-electron chi connectivity index (χ2n) is 3.25. The topological polar surface area (TPSA) is 26.3 Å². The molecule has 0 aliphatic heterocycles. The summed E-state index contributed by atoms with van der Waals surface area (Å²) in [5.74, 6) is 0.934. The van der Waals surface area contributed by atoms with Gasteiger partial charge in [0, 0.05) is 16.5 Å². The quantitative estimate of drug-likeness (QED) is 0.832. The molecule has 0 saturated carbocycles. The molecule has 0 aliphatic rings. The molecule has 3 heteroatoms. The van der Waals surface area contributed by atoms with E-state index in [0.29, 0.717) is 6.42 Å². The van der Waals surface area contributed by atoms with Gasteiger partial charge in [0.15, 0.2) is 0 Å². The summed E-state index contributed by atoms with van der Waals surface area (Å²) in [6.07, 6.45) is 0.408. The predicted molar refractivity (Wildman–Crippen MR) is 59.8 cm³/mol. The van der Waals surface area contributed by atoms with Gasteiger partial charge in [-0.2, -0.15) is 0 Å². The normalized spacial score (nSPS) is 10.0. The minimum absolute atomic E-state index is 0.134. The van der Waals surface area contributed by atoms with Crippen molar-refractivity contribution >= 4 is 21.7 Å². The van der Waals surface area contributed by atoms with Crippen LogP contribution < -0.4 is 4.74 Å². The zero-order valence-corrected chi connectivity index (χ0v) is 10.1. The number of rotatable bonds is 3. The van der Waals surface area contributed by atoms with Gasteiger partial charge in [0.2, 0.25) is 0 Å². The fourth-order valence-electron chi connectivity index (χ4n) is 1.42. The van der Waals surface area contributed by atoms with Crippen LogP contribution in [0.1, 0.15) is 18.1 Å². The number of halogens is 1. The fourth-order valence-corrected chi connectivity index (χ4v) is 1.87. The molecule has 1 aromatic rings. The van der Waals surface area contributed by atoms with Crippen LogP contribution in [0.25, 0.3) is 0 Å². The standard InChI is InChI=1S/C11H13BrO2/c1-7-4-5-10(12)9(6-8(2)13)11(7)14-3/h4-5H,6H2,1-3H3. The zero-order valence-electron chi connectivity index (χ0n) is 8.56. The van der Waals surface area contributed by atoms with Gasteiger partial charge >= 0.3 is 0 Å². The first-order chi connectivity index (χ1) is 6.56. The van der Waals surface area contributed by atoms with Gasteiger partial charge in [-0.1, -0.05) is 22.0 Å². The third-order valence-corrected chi connectivity index (χ3v) is 2.77. The maximum Gasteiger partial charge on any atom is 0.134 e. The second kappa shape index (κ2) is 4.60. The number of Topliss-reactive ketones (excluding diaryl/α,β-unsaturated/α-hetero) is 1. The van der Waals surface area contributed by atoms with Gasteiger partial charge < -0.3 is 4.74 Å². The van der Waals surface area contributed by atoms with E-state index >= 15 is 0 Å². The number of hydrogen-bond acceptors (Lipinski definition) is 2. The molecule has 0 amide bonds. The fraction of sp³-hybridized carbons (Fsp3) is 0.364. The van der Waals surface area contributed by atoms with Crippen molar-refractivity contribution in [2.75, 3.05) is 7.11 Å². The van der Waals surface area contributed by atoms with Crippen molar-refractivity contribution in [3.05, 3.63) is 27.7 Å². The molecule has 0 unspecified atom stereocenters. The van der Waals surface area contributed by atoms with Crippen LogP contribution in [0.4, 0.5) is 0 Å². The Bertz CT molecular complexity index is 359. The van der Waals surface area contributed by atoms with Gasteiger partial charge in [-0.25, -0.2) is 0 Å². The van der Waals surface area contributed by atoms with E-state index < -0.39 is 0 Å². The number of aryl methyl sites for hydroxylation is 1. The molecule has 0 bridgehead atoms. The maximum absolute atomic E-state index is 11.1. The lowest BCUT2D eigenvalue weighted by molar-refractivity contribution is -0.116. The van der Waals surface area contributed by atoms with Crippen LogP contribution in [0.3, 0.4) is 0 Å². The van der Waals surface area contributed by atoms with Gasteiger partial charge in [0.1, 0.15) is 11.5 Å². The highest BCUT2D eigenvalue weighted by molar-refractivity contribution is 9.10. The van der Waals surface area contributed by atoms with Crippen LogP contribution in [0, 0.1) is 6.92 Å². The Balaban J connectivity index is 3.22. The molecule has 2 nitrogen and oxygen atoms in total. The Kier molecular flexibility index (Phi) is 3.69. The summed E-state index contributed by atoms with van der Waals surface area (Å²) in [6, 6.07) is 3.91. The number of benzene rings is 1. The van der Waals surface area contributed by atoms with Crippen molar-refractivity contribution in [2.45, 2.75) is 20.3 Å². The molecule has 0 spiro atoms. The van der Waals surface area contributed by atoms with Crippen molar-refractivity contribution < 1.29 is 9.53 Å². The average molecular weight is 257 g/mol. The van der Waals surface area contributed by atoms with Crippen molar-refractivity contribution in [1.82, 2.24) is 0 Å². The SMILES string of the molecule is COc1c(C)ccc(Br)c1CC(C)=O. The summed E-state index contributed by atoms with van der Waals surface area (Å²) >= 11 is 3.42. The van der Waals surface area contributed by atoms with Gasteiger partial charge in [-0.05, 0) is 25.5 Å². The van der Waals surface area contributed by atoms with E-state index in [2.05, 4.69) is 15.9 Å².